The first-order chi connectivity index (χ1) is 11.0. The van der Waals surface area contributed by atoms with Gasteiger partial charge in [-0.3, -0.25) is 4.99 Å². The van der Waals surface area contributed by atoms with E-state index in [0.717, 1.165) is 32.1 Å². The van der Waals surface area contributed by atoms with E-state index in [1.165, 1.54) is 24.3 Å². The van der Waals surface area contributed by atoms with Crippen LogP contribution in [-0.2, 0) is 10.0 Å². The Balaban J connectivity index is 3.33. The van der Waals surface area contributed by atoms with Crippen LogP contribution in [0.5, 0.6) is 0 Å². The van der Waals surface area contributed by atoms with Crippen molar-refractivity contribution in [1.82, 2.24) is 4.31 Å². The molecule has 0 fully saturated rings. The molecule has 0 unspecified atom stereocenters. The normalized spacial score (nSPS) is 15.0. The van der Waals surface area contributed by atoms with Gasteiger partial charge >= 0.3 is 6.18 Å². The SMILES string of the molecule is C=N/C=N\C=C(/C)S(=O)(=O)N(C)[C@H](c1ccc(C)cc1)C(F)(F)F. The average molecular weight is 361 g/mol. The maximum atomic E-state index is 13.5. The smallest absolute Gasteiger partial charge is 0.253 e. The molecule has 24 heavy (non-hydrogen) atoms. The molecule has 0 aliphatic carbocycles. The van der Waals surface area contributed by atoms with E-state index in [0.29, 0.717) is 4.31 Å². The molecule has 0 spiro atoms. The van der Waals surface area contributed by atoms with Crippen LogP contribution in [0.2, 0.25) is 0 Å². The Bertz CT molecular complexity index is 738. The van der Waals surface area contributed by atoms with Crippen LogP contribution in [0.4, 0.5) is 13.2 Å². The fourth-order valence-electron chi connectivity index (χ4n) is 1.97. The Labute approximate surface area is 139 Å². The largest absolute Gasteiger partial charge is 0.409 e. The van der Waals surface area contributed by atoms with E-state index in [4.69, 9.17) is 0 Å². The van der Waals surface area contributed by atoms with Crippen molar-refractivity contribution in [2.24, 2.45) is 9.98 Å². The fraction of sp³-hybridized carbons (Fsp3) is 0.333. The summed E-state index contributed by atoms with van der Waals surface area (Å²) in [4.78, 5) is 6.49. The lowest BCUT2D eigenvalue weighted by molar-refractivity contribution is -0.171. The maximum Gasteiger partial charge on any atom is 0.409 e. The molecule has 132 valence electrons. The molecule has 0 aromatic heterocycles. The van der Waals surface area contributed by atoms with E-state index in [1.807, 2.05) is 0 Å². The molecule has 1 aromatic carbocycles. The van der Waals surface area contributed by atoms with Crippen LogP contribution in [0.1, 0.15) is 24.1 Å². The highest BCUT2D eigenvalue weighted by Gasteiger charge is 2.47. The number of hydrogen-bond donors (Lipinski definition) is 0. The molecule has 0 amide bonds. The number of aryl methyl sites for hydroxylation is 1. The third kappa shape index (κ3) is 4.75. The van der Waals surface area contributed by atoms with Gasteiger partial charge in [-0.25, -0.2) is 13.4 Å². The maximum absolute atomic E-state index is 13.5. The minimum atomic E-state index is -4.77. The predicted octanol–water partition coefficient (Wildman–Crippen LogP) is 3.45. The lowest BCUT2D eigenvalue weighted by Gasteiger charge is -2.29. The van der Waals surface area contributed by atoms with Crippen molar-refractivity contribution in [2.75, 3.05) is 7.05 Å². The number of alkyl halides is 3. The minimum Gasteiger partial charge on any atom is -0.253 e. The van der Waals surface area contributed by atoms with Crippen molar-refractivity contribution in [3.63, 3.8) is 0 Å². The van der Waals surface area contributed by atoms with Crippen molar-refractivity contribution in [3.05, 3.63) is 46.5 Å². The van der Waals surface area contributed by atoms with E-state index < -0.39 is 22.2 Å². The third-order valence-electron chi connectivity index (χ3n) is 3.26. The molecule has 0 heterocycles. The number of rotatable bonds is 6. The highest BCUT2D eigenvalue weighted by molar-refractivity contribution is 7.92. The zero-order valence-electron chi connectivity index (χ0n) is 13.4. The van der Waals surface area contributed by atoms with Gasteiger partial charge in [-0.2, -0.15) is 17.5 Å². The van der Waals surface area contributed by atoms with Crippen LogP contribution in [0.15, 0.2) is 45.4 Å². The van der Waals surface area contributed by atoms with Crippen molar-refractivity contribution < 1.29 is 21.6 Å². The van der Waals surface area contributed by atoms with E-state index in [2.05, 4.69) is 16.7 Å². The highest BCUT2D eigenvalue weighted by Crippen LogP contribution is 2.39. The number of nitrogens with zero attached hydrogens (tertiary/aromatic N) is 3. The predicted molar refractivity (Wildman–Crippen MR) is 88.5 cm³/mol. The van der Waals surface area contributed by atoms with Crippen molar-refractivity contribution in [1.29, 1.82) is 0 Å². The van der Waals surface area contributed by atoms with E-state index >= 15 is 0 Å². The van der Waals surface area contributed by atoms with Crippen molar-refractivity contribution in [2.45, 2.75) is 26.1 Å². The Morgan fingerprint density at radius 3 is 2.29 bits per heavy atom. The van der Waals surface area contributed by atoms with Crippen molar-refractivity contribution in [3.8, 4) is 0 Å². The number of halogens is 3. The zero-order valence-corrected chi connectivity index (χ0v) is 14.3. The summed E-state index contributed by atoms with van der Waals surface area (Å²) in [6.07, 6.45) is -2.87. The Kier molecular flexibility index (Phi) is 6.44. The summed E-state index contributed by atoms with van der Waals surface area (Å²) in [5, 5.41) is 0. The first-order valence-corrected chi connectivity index (χ1v) is 8.21. The van der Waals surface area contributed by atoms with E-state index in [1.54, 1.807) is 6.92 Å². The van der Waals surface area contributed by atoms with Gasteiger partial charge in [0.05, 0.1) is 4.91 Å². The van der Waals surface area contributed by atoms with Crippen LogP contribution in [0.25, 0.3) is 0 Å². The van der Waals surface area contributed by atoms with Gasteiger partial charge in [-0.1, -0.05) is 29.8 Å². The standard InChI is InChI=1S/C15H18F3N3O2S/c1-11-5-7-13(8-6-11)14(15(16,17)18)21(4)24(22,23)12(2)9-20-10-19-3/h5-10,14H,3H2,1-2,4H3/b12-9+,20-10-/t14-/m1/s1. The summed E-state index contributed by atoms with van der Waals surface area (Å²) in [6.45, 7) is 6.01. The van der Waals surface area contributed by atoms with Gasteiger partial charge in [0.15, 0.2) is 0 Å². The number of allylic oxidation sites excluding steroid dienone is 1. The van der Waals surface area contributed by atoms with Gasteiger partial charge in [-0.15, -0.1) is 0 Å². The van der Waals surface area contributed by atoms with Crippen molar-refractivity contribution >= 4 is 23.1 Å². The zero-order chi connectivity index (χ0) is 18.5. The highest BCUT2D eigenvalue weighted by atomic mass is 32.2. The fourth-order valence-corrected chi connectivity index (χ4v) is 3.14. The summed E-state index contributed by atoms with van der Waals surface area (Å²) in [6, 6.07) is 3.22. The lowest BCUT2D eigenvalue weighted by atomic mass is 10.1. The molecule has 1 atom stereocenters. The Hall–Kier alpha value is -2.00. The summed E-state index contributed by atoms with van der Waals surface area (Å²) >= 11 is 0. The van der Waals surface area contributed by atoms with Gasteiger partial charge < -0.3 is 0 Å². The summed E-state index contributed by atoms with van der Waals surface area (Å²) in [5.74, 6) is 0. The van der Waals surface area contributed by atoms with Gasteiger partial charge in [0.25, 0.3) is 0 Å². The van der Waals surface area contributed by atoms with Crippen LogP contribution < -0.4 is 0 Å². The van der Waals surface area contributed by atoms with Gasteiger partial charge in [0.1, 0.15) is 12.4 Å². The number of aliphatic imine (C=N–C) groups is 2. The molecule has 0 saturated carbocycles. The molecule has 1 rings (SSSR count). The summed E-state index contributed by atoms with van der Waals surface area (Å²) in [7, 11) is -3.47. The molecule has 0 saturated heterocycles. The molecule has 0 bridgehead atoms. The first kappa shape index (κ1) is 20.0. The number of hydrogen-bond acceptors (Lipinski definition) is 3. The Morgan fingerprint density at radius 2 is 1.83 bits per heavy atom. The lowest BCUT2D eigenvalue weighted by Crippen LogP contribution is -2.39. The second-order valence-electron chi connectivity index (χ2n) is 5.06. The monoisotopic (exact) mass is 361 g/mol. The molecule has 5 nitrogen and oxygen atoms in total. The second-order valence-corrected chi connectivity index (χ2v) is 7.23. The average Bonchev–Trinajstić information content (AvgIpc) is 2.48. The molecule has 0 aliphatic rings. The second kappa shape index (κ2) is 7.71. The topological polar surface area (TPSA) is 62.1 Å². The molecule has 0 aliphatic heterocycles. The third-order valence-corrected chi connectivity index (χ3v) is 5.15. The molecular formula is C15H18F3N3O2S. The number of benzene rings is 1. The molecule has 9 heteroatoms. The van der Waals surface area contributed by atoms with Crippen LogP contribution in [0, 0.1) is 6.92 Å². The molecular weight excluding hydrogens is 343 g/mol. The van der Waals surface area contributed by atoms with Crippen LogP contribution in [-0.4, -0.2) is 39.0 Å². The van der Waals surface area contributed by atoms with Crippen LogP contribution in [0.3, 0.4) is 0 Å². The van der Waals surface area contributed by atoms with Gasteiger partial charge in [0.2, 0.25) is 10.0 Å². The quantitative estimate of drug-likeness (QED) is 0.575. The Morgan fingerprint density at radius 1 is 1.29 bits per heavy atom. The van der Waals surface area contributed by atoms with E-state index in [9.17, 15) is 21.6 Å². The van der Waals surface area contributed by atoms with Gasteiger partial charge in [-0.05, 0) is 26.1 Å². The minimum absolute atomic E-state index is 0.164. The van der Waals surface area contributed by atoms with Crippen LogP contribution >= 0.6 is 0 Å². The summed E-state index contributed by atoms with van der Waals surface area (Å²) in [5.41, 5.74) is 0.607. The van der Waals surface area contributed by atoms with E-state index in [-0.39, 0.29) is 10.5 Å². The number of sulfonamides is 1. The molecule has 0 N–H and O–H groups in total. The first-order valence-electron chi connectivity index (χ1n) is 6.77. The molecule has 1 aromatic rings. The molecule has 0 radical (unpaired) electrons. The van der Waals surface area contributed by atoms with Gasteiger partial charge in [0, 0.05) is 13.2 Å². The summed E-state index contributed by atoms with van der Waals surface area (Å²) < 4.78 is 65.5.